The smallest absolute Gasteiger partial charge is 0.238 e. The van der Waals surface area contributed by atoms with Gasteiger partial charge in [-0.3, -0.25) is 10.1 Å². The average Bonchev–Trinajstić information content (AvgIpc) is 2.82. The van der Waals surface area contributed by atoms with Gasteiger partial charge in [0.05, 0.1) is 12.3 Å². The third kappa shape index (κ3) is 3.59. The van der Waals surface area contributed by atoms with E-state index in [0.29, 0.717) is 25.9 Å². The van der Waals surface area contributed by atoms with E-state index in [0.717, 1.165) is 11.6 Å². The summed E-state index contributed by atoms with van der Waals surface area (Å²) in [6.07, 6.45) is 2.61. The van der Waals surface area contributed by atoms with Crippen molar-refractivity contribution >= 4 is 27.7 Å². The van der Waals surface area contributed by atoms with Gasteiger partial charge in [0.1, 0.15) is 0 Å². The normalized spacial score (nSPS) is 27.3. The molecule has 1 amide bonds. The Hall–Kier alpha value is -0.310. The van der Waals surface area contributed by atoms with Crippen LogP contribution in [0.15, 0.2) is 0 Å². The molecule has 6 nitrogen and oxygen atoms in total. The Morgan fingerprint density at radius 1 is 1.39 bits per heavy atom. The Bertz CT molecular complexity index is 399. The van der Waals surface area contributed by atoms with E-state index in [-0.39, 0.29) is 18.0 Å². The Balaban J connectivity index is 1.78. The first-order valence-electron chi connectivity index (χ1n) is 6.03. The van der Waals surface area contributed by atoms with Crippen molar-refractivity contribution < 1.29 is 13.2 Å². The zero-order valence-corrected chi connectivity index (χ0v) is 12.0. The Morgan fingerprint density at radius 2 is 2.06 bits per heavy atom. The number of hydrogen-bond acceptors (Lipinski definition) is 5. The maximum atomic E-state index is 11.9. The lowest BCUT2D eigenvalue weighted by molar-refractivity contribution is -0.123. The fourth-order valence-corrected chi connectivity index (χ4v) is 4.01. The van der Waals surface area contributed by atoms with E-state index in [4.69, 9.17) is 0 Å². The van der Waals surface area contributed by atoms with Crippen LogP contribution in [0.4, 0.5) is 0 Å². The number of hydrogen-bond donors (Lipinski definition) is 2. The predicted molar refractivity (Wildman–Crippen MR) is 71.8 cm³/mol. The van der Waals surface area contributed by atoms with Gasteiger partial charge >= 0.3 is 0 Å². The molecule has 0 aromatic carbocycles. The summed E-state index contributed by atoms with van der Waals surface area (Å²) >= 11 is 1.72. The van der Waals surface area contributed by atoms with E-state index in [2.05, 4.69) is 10.6 Å². The van der Waals surface area contributed by atoms with Crippen molar-refractivity contribution in [3.05, 3.63) is 0 Å². The molecule has 0 radical (unpaired) electrons. The van der Waals surface area contributed by atoms with Gasteiger partial charge in [-0.2, -0.15) is 0 Å². The largest absolute Gasteiger partial charge is 0.352 e. The van der Waals surface area contributed by atoms with Gasteiger partial charge in [-0.1, -0.05) is 0 Å². The van der Waals surface area contributed by atoms with E-state index >= 15 is 0 Å². The molecule has 2 aliphatic heterocycles. The third-order valence-corrected chi connectivity index (χ3v) is 5.55. The van der Waals surface area contributed by atoms with Crippen LogP contribution >= 0.6 is 11.8 Å². The van der Waals surface area contributed by atoms with Gasteiger partial charge in [-0.25, -0.2) is 12.7 Å². The van der Waals surface area contributed by atoms with Gasteiger partial charge < -0.3 is 5.32 Å². The van der Waals surface area contributed by atoms with Crippen molar-refractivity contribution in [3.63, 3.8) is 0 Å². The van der Waals surface area contributed by atoms with E-state index in [1.807, 2.05) is 0 Å². The zero-order chi connectivity index (χ0) is 13.2. The molecule has 0 spiro atoms. The quantitative estimate of drug-likeness (QED) is 0.711. The maximum Gasteiger partial charge on any atom is 0.238 e. The summed E-state index contributed by atoms with van der Waals surface area (Å²) < 4.78 is 24.2. The van der Waals surface area contributed by atoms with E-state index < -0.39 is 10.0 Å². The molecule has 2 heterocycles. The summed E-state index contributed by atoms with van der Waals surface area (Å²) in [5, 5.41) is 6.12. The number of carbonyl (C=O) groups is 1. The maximum absolute atomic E-state index is 11.9. The van der Waals surface area contributed by atoms with E-state index in [1.165, 1.54) is 10.6 Å². The number of amides is 1. The molecule has 2 fully saturated rings. The van der Waals surface area contributed by atoms with Crippen LogP contribution in [0.2, 0.25) is 0 Å². The summed E-state index contributed by atoms with van der Waals surface area (Å²) in [5.41, 5.74) is 0. The van der Waals surface area contributed by atoms with Crippen molar-refractivity contribution in [2.45, 2.75) is 24.9 Å². The second-order valence-corrected chi connectivity index (χ2v) is 7.73. The van der Waals surface area contributed by atoms with Crippen molar-refractivity contribution in [1.29, 1.82) is 0 Å². The van der Waals surface area contributed by atoms with Crippen LogP contribution in [0.1, 0.15) is 12.8 Å². The second kappa shape index (κ2) is 5.77. The molecule has 2 aliphatic rings. The summed E-state index contributed by atoms with van der Waals surface area (Å²) in [6.45, 7) is 0.993. The summed E-state index contributed by atoms with van der Waals surface area (Å²) in [6, 6.07) is 0.00540. The van der Waals surface area contributed by atoms with Crippen LogP contribution in [0, 0.1) is 0 Å². The highest BCUT2D eigenvalue weighted by Gasteiger charge is 2.28. The summed E-state index contributed by atoms with van der Waals surface area (Å²) in [7, 11) is -3.09. The summed E-state index contributed by atoms with van der Waals surface area (Å²) in [5.74, 6) is 1.68. The lowest BCUT2D eigenvalue weighted by Crippen LogP contribution is -2.50. The van der Waals surface area contributed by atoms with Crippen molar-refractivity contribution in [2.75, 3.05) is 31.0 Å². The first-order chi connectivity index (χ1) is 8.47. The standard InChI is InChI=1S/C10H19N3O3S2/c1-18(15,16)13-4-2-8(3-5-13)12-10(14)9-6-17-7-11-9/h8-9,11H,2-7H2,1H3,(H,12,14). The minimum atomic E-state index is -3.09. The first-order valence-corrected chi connectivity index (χ1v) is 9.04. The molecular formula is C10H19N3O3S2. The number of nitrogens with one attached hydrogen (secondary N) is 2. The van der Waals surface area contributed by atoms with Crippen LogP contribution in [-0.4, -0.2) is 61.7 Å². The highest BCUT2D eigenvalue weighted by molar-refractivity contribution is 7.99. The minimum absolute atomic E-state index is 0.0396. The number of piperidine rings is 1. The average molecular weight is 293 g/mol. The van der Waals surface area contributed by atoms with Crippen molar-refractivity contribution in [1.82, 2.24) is 14.9 Å². The number of carbonyl (C=O) groups excluding carboxylic acids is 1. The molecule has 2 rings (SSSR count). The Morgan fingerprint density at radius 3 is 2.56 bits per heavy atom. The van der Waals surface area contributed by atoms with Crippen LogP contribution in [0.3, 0.4) is 0 Å². The van der Waals surface area contributed by atoms with Gasteiger partial charge in [-0.05, 0) is 12.8 Å². The molecule has 2 N–H and O–H groups in total. The Labute approximate surface area is 112 Å². The molecule has 0 saturated carbocycles. The van der Waals surface area contributed by atoms with Crippen LogP contribution in [0.25, 0.3) is 0 Å². The predicted octanol–water partition coefficient (Wildman–Crippen LogP) is -0.811. The van der Waals surface area contributed by atoms with Crippen LogP contribution in [-0.2, 0) is 14.8 Å². The molecule has 18 heavy (non-hydrogen) atoms. The van der Waals surface area contributed by atoms with Gasteiger partial charge in [-0.15, -0.1) is 11.8 Å². The number of thioether (sulfide) groups is 1. The molecule has 104 valence electrons. The lowest BCUT2D eigenvalue weighted by Gasteiger charge is -2.31. The monoisotopic (exact) mass is 293 g/mol. The van der Waals surface area contributed by atoms with Gasteiger partial charge in [0.25, 0.3) is 0 Å². The number of rotatable bonds is 3. The van der Waals surface area contributed by atoms with Crippen LogP contribution < -0.4 is 10.6 Å². The molecule has 1 atom stereocenters. The van der Waals surface area contributed by atoms with E-state index in [1.54, 1.807) is 11.8 Å². The molecule has 1 unspecified atom stereocenters. The molecular weight excluding hydrogens is 274 g/mol. The number of sulfonamides is 1. The SMILES string of the molecule is CS(=O)(=O)N1CCC(NC(=O)C2CSCN2)CC1. The van der Waals surface area contributed by atoms with E-state index in [9.17, 15) is 13.2 Å². The highest BCUT2D eigenvalue weighted by Crippen LogP contribution is 2.14. The molecule has 0 bridgehead atoms. The van der Waals surface area contributed by atoms with Crippen molar-refractivity contribution in [3.8, 4) is 0 Å². The molecule has 0 aromatic rings. The van der Waals surface area contributed by atoms with Gasteiger partial charge in [0, 0.05) is 30.8 Å². The van der Waals surface area contributed by atoms with Gasteiger partial charge in [0.15, 0.2) is 0 Å². The Kier molecular flexibility index (Phi) is 4.52. The zero-order valence-electron chi connectivity index (χ0n) is 10.4. The van der Waals surface area contributed by atoms with Crippen LogP contribution in [0.5, 0.6) is 0 Å². The number of nitrogens with zero attached hydrogens (tertiary/aromatic N) is 1. The highest BCUT2D eigenvalue weighted by atomic mass is 32.2. The molecule has 2 saturated heterocycles. The first kappa shape index (κ1) is 14.1. The summed E-state index contributed by atoms with van der Waals surface area (Å²) in [4.78, 5) is 11.9. The fourth-order valence-electron chi connectivity index (χ4n) is 2.20. The molecule has 0 aromatic heterocycles. The lowest BCUT2D eigenvalue weighted by atomic mass is 10.1. The van der Waals surface area contributed by atoms with Gasteiger partial charge in [0.2, 0.25) is 15.9 Å². The molecule has 0 aliphatic carbocycles. The second-order valence-electron chi connectivity index (χ2n) is 4.72. The fraction of sp³-hybridized carbons (Fsp3) is 0.900. The minimum Gasteiger partial charge on any atom is -0.352 e. The third-order valence-electron chi connectivity index (χ3n) is 3.30. The topological polar surface area (TPSA) is 78.5 Å². The van der Waals surface area contributed by atoms with Crippen molar-refractivity contribution in [2.24, 2.45) is 0 Å². The molecule has 8 heteroatoms.